The normalized spacial score (nSPS) is 20.7. The molecule has 2 N–H and O–H groups in total. The summed E-state index contributed by atoms with van der Waals surface area (Å²) < 4.78 is 5.72. The first-order valence-electron chi connectivity index (χ1n) is 8.07. The summed E-state index contributed by atoms with van der Waals surface area (Å²) in [4.78, 5) is 12.1. The van der Waals surface area contributed by atoms with E-state index >= 15 is 0 Å². The number of hydrogen-bond acceptors (Lipinski definition) is 4. The number of carbonyl (C=O) groups excluding carboxylic acids is 1. The minimum Gasteiger partial charge on any atom is -0.459 e. The molecule has 4 nitrogen and oxygen atoms in total. The van der Waals surface area contributed by atoms with Crippen molar-refractivity contribution in [2.45, 2.75) is 18.4 Å². The largest absolute Gasteiger partial charge is 0.459 e. The molecule has 2 unspecified atom stereocenters. The number of nitrogens with one attached hydrogen (secondary N) is 2. The van der Waals surface area contributed by atoms with Gasteiger partial charge in [0.2, 0.25) is 0 Å². The number of hydrogen-bond donors (Lipinski definition) is 2. The van der Waals surface area contributed by atoms with Crippen molar-refractivity contribution in [2.75, 3.05) is 25.0 Å². The van der Waals surface area contributed by atoms with Gasteiger partial charge in [-0.05, 0) is 30.7 Å². The number of anilines is 1. The second-order valence-electron chi connectivity index (χ2n) is 5.76. The molecule has 1 fully saturated rings. The Morgan fingerprint density at radius 3 is 2.52 bits per heavy atom. The standard InChI is InChI=1S/C19H22N2O2/c22-19(14-21-16-9-5-2-6-10-16)23-18-13-20-12-11-17(18)15-7-3-1-4-8-15/h1-10,17-18,20-21H,11-14H2. The van der Waals surface area contributed by atoms with E-state index in [1.807, 2.05) is 48.5 Å². The molecule has 0 spiro atoms. The zero-order chi connectivity index (χ0) is 15.9. The molecule has 0 aromatic heterocycles. The van der Waals surface area contributed by atoms with E-state index in [9.17, 15) is 4.79 Å². The lowest BCUT2D eigenvalue weighted by atomic mass is 9.88. The van der Waals surface area contributed by atoms with Crippen LogP contribution in [0.4, 0.5) is 5.69 Å². The summed E-state index contributed by atoms with van der Waals surface area (Å²) in [7, 11) is 0. The van der Waals surface area contributed by atoms with Crippen LogP contribution in [-0.2, 0) is 9.53 Å². The van der Waals surface area contributed by atoms with Crippen molar-refractivity contribution in [1.29, 1.82) is 0 Å². The molecule has 1 aliphatic rings. The lowest BCUT2D eigenvalue weighted by Crippen LogP contribution is -2.42. The van der Waals surface area contributed by atoms with Gasteiger partial charge in [-0.1, -0.05) is 48.5 Å². The predicted octanol–water partition coefficient (Wildman–Crippen LogP) is 2.79. The molecule has 120 valence electrons. The highest BCUT2D eigenvalue weighted by Gasteiger charge is 2.29. The molecule has 2 atom stereocenters. The van der Waals surface area contributed by atoms with Gasteiger partial charge in [0.25, 0.3) is 0 Å². The lowest BCUT2D eigenvalue weighted by Gasteiger charge is -2.32. The summed E-state index contributed by atoms with van der Waals surface area (Å²) in [6, 6.07) is 20.0. The van der Waals surface area contributed by atoms with E-state index in [1.54, 1.807) is 0 Å². The van der Waals surface area contributed by atoms with Gasteiger partial charge in [-0.2, -0.15) is 0 Å². The number of benzene rings is 2. The number of ether oxygens (including phenoxy) is 1. The van der Waals surface area contributed by atoms with Crippen LogP contribution in [0.1, 0.15) is 17.9 Å². The van der Waals surface area contributed by atoms with Crippen molar-refractivity contribution >= 4 is 11.7 Å². The average Bonchev–Trinajstić information content (AvgIpc) is 2.62. The Bertz CT molecular complexity index is 616. The highest BCUT2D eigenvalue weighted by Crippen LogP contribution is 2.27. The predicted molar refractivity (Wildman–Crippen MR) is 91.5 cm³/mol. The molecular weight excluding hydrogens is 288 g/mol. The molecule has 0 saturated carbocycles. The third-order valence-corrected chi connectivity index (χ3v) is 4.15. The van der Waals surface area contributed by atoms with Crippen LogP contribution in [0, 0.1) is 0 Å². The highest BCUT2D eigenvalue weighted by molar-refractivity contribution is 5.75. The molecule has 2 aromatic rings. The number of para-hydroxylation sites is 1. The van der Waals surface area contributed by atoms with Crippen LogP contribution >= 0.6 is 0 Å². The van der Waals surface area contributed by atoms with E-state index in [0.717, 1.165) is 18.7 Å². The molecule has 1 saturated heterocycles. The van der Waals surface area contributed by atoms with Gasteiger partial charge in [-0.15, -0.1) is 0 Å². The van der Waals surface area contributed by atoms with Crippen LogP contribution in [-0.4, -0.2) is 31.7 Å². The molecule has 1 heterocycles. The van der Waals surface area contributed by atoms with Gasteiger partial charge in [0.1, 0.15) is 12.6 Å². The molecule has 2 aromatic carbocycles. The Morgan fingerprint density at radius 2 is 1.78 bits per heavy atom. The average molecular weight is 310 g/mol. The van der Waals surface area contributed by atoms with E-state index in [1.165, 1.54) is 5.56 Å². The lowest BCUT2D eigenvalue weighted by molar-refractivity contribution is -0.148. The minimum atomic E-state index is -0.219. The summed E-state index contributed by atoms with van der Waals surface area (Å²) in [5.74, 6) is 0.0432. The zero-order valence-corrected chi connectivity index (χ0v) is 13.1. The molecular formula is C19H22N2O2. The topological polar surface area (TPSA) is 50.4 Å². The van der Waals surface area contributed by atoms with Gasteiger partial charge in [0, 0.05) is 18.2 Å². The Balaban J connectivity index is 1.57. The van der Waals surface area contributed by atoms with Crippen molar-refractivity contribution in [3.05, 3.63) is 66.2 Å². The summed E-state index contributed by atoms with van der Waals surface area (Å²) in [5.41, 5.74) is 2.16. The highest BCUT2D eigenvalue weighted by atomic mass is 16.5. The Morgan fingerprint density at radius 1 is 1.09 bits per heavy atom. The van der Waals surface area contributed by atoms with E-state index < -0.39 is 0 Å². The first-order valence-corrected chi connectivity index (χ1v) is 8.07. The van der Waals surface area contributed by atoms with E-state index in [-0.39, 0.29) is 24.5 Å². The van der Waals surface area contributed by atoms with E-state index in [0.29, 0.717) is 6.54 Å². The van der Waals surface area contributed by atoms with E-state index in [4.69, 9.17) is 4.74 Å². The van der Waals surface area contributed by atoms with Crippen LogP contribution in [0.5, 0.6) is 0 Å². The molecule has 23 heavy (non-hydrogen) atoms. The third-order valence-electron chi connectivity index (χ3n) is 4.15. The van der Waals surface area contributed by atoms with E-state index in [2.05, 4.69) is 22.8 Å². The second kappa shape index (κ2) is 7.79. The molecule has 0 bridgehead atoms. The van der Waals surface area contributed by atoms with Crippen molar-refractivity contribution < 1.29 is 9.53 Å². The Hall–Kier alpha value is -2.33. The molecule has 1 aliphatic heterocycles. The fourth-order valence-corrected chi connectivity index (χ4v) is 2.98. The molecule has 0 amide bonds. The monoisotopic (exact) mass is 310 g/mol. The Labute approximate surface area is 136 Å². The van der Waals surface area contributed by atoms with Gasteiger partial charge >= 0.3 is 5.97 Å². The number of rotatable bonds is 5. The van der Waals surface area contributed by atoms with Crippen molar-refractivity contribution in [1.82, 2.24) is 5.32 Å². The van der Waals surface area contributed by atoms with Crippen molar-refractivity contribution in [3.8, 4) is 0 Å². The zero-order valence-electron chi connectivity index (χ0n) is 13.1. The summed E-state index contributed by atoms with van der Waals surface area (Å²) in [5, 5.41) is 6.41. The number of carbonyl (C=O) groups is 1. The minimum absolute atomic E-state index is 0.115. The molecule has 4 heteroatoms. The van der Waals surface area contributed by atoms with Crippen LogP contribution < -0.4 is 10.6 Å². The summed E-state index contributed by atoms with van der Waals surface area (Å²) in [6.07, 6.45) is 0.866. The van der Waals surface area contributed by atoms with Gasteiger partial charge in [-0.3, -0.25) is 4.79 Å². The first-order chi connectivity index (χ1) is 11.3. The molecule has 0 radical (unpaired) electrons. The summed E-state index contributed by atoms with van der Waals surface area (Å²) >= 11 is 0. The van der Waals surface area contributed by atoms with Gasteiger partial charge in [-0.25, -0.2) is 0 Å². The van der Waals surface area contributed by atoms with Crippen LogP contribution in [0.3, 0.4) is 0 Å². The SMILES string of the molecule is O=C(CNc1ccccc1)OC1CNCCC1c1ccccc1. The summed E-state index contributed by atoms with van der Waals surface area (Å²) in [6.45, 7) is 1.84. The fraction of sp³-hybridized carbons (Fsp3) is 0.316. The van der Waals surface area contributed by atoms with Crippen molar-refractivity contribution in [2.24, 2.45) is 0 Å². The van der Waals surface area contributed by atoms with Crippen LogP contribution in [0.15, 0.2) is 60.7 Å². The maximum atomic E-state index is 12.1. The second-order valence-corrected chi connectivity index (χ2v) is 5.76. The molecule has 0 aliphatic carbocycles. The fourth-order valence-electron chi connectivity index (χ4n) is 2.98. The Kier molecular flexibility index (Phi) is 5.27. The first kappa shape index (κ1) is 15.6. The van der Waals surface area contributed by atoms with Crippen LogP contribution in [0.2, 0.25) is 0 Å². The van der Waals surface area contributed by atoms with Gasteiger partial charge in [0.05, 0.1) is 0 Å². The van der Waals surface area contributed by atoms with Gasteiger partial charge < -0.3 is 15.4 Å². The smallest absolute Gasteiger partial charge is 0.325 e. The van der Waals surface area contributed by atoms with Crippen molar-refractivity contribution in [3.63, 3.8) is 0 Å². The number of piperidine rings is 1. The quantitative estimate of drug-likeness (QED) is 0.834. The maximum Gasteiger partial charge on any atom is 0.325 e. The van der Waals surface area contributed by atoms with Gasteiger partial charge in [0.15, 0.2) is 0 Å². The maximum absolute atomic E-state index is 12.1. The third kappa shape index (κ3) is 4.33. The molecule has 3 rings (SSSR count). The van der Waals surface area contributed by atoms with Crippen LogP contribution in [0.25, 0.3) is 0 Å². The number of esters is 1.